The molecule has 1 fully saturated rings. The molecular formula is C18H19Cl2N3O. The highest BCUT2D eigenvalue weighted by molar-refractivity contribution is 6.42. The molecule has 0 saturated carbocycles. The highest BCUT2D eigenvalue weighted by atomic mass is 35.5. The van der Waals surface area contributed by atoms with Gasteiger partial charge in [-0.05, 0) is 42.8 Å². The first kappa shape index (κ1) is 16.9. The number of piperazine rings is 1. The maximum absolute atomic E-state index is 12.4. The van der Waals surface area contributed by atoms with Gasteiger partial charge in [0.2, 0.25) is 0 Å². The summed E-state index contributed by atoms with van der Waals surface area (Å²) in [4.78, 5) is 16.4. The zero-order valence-corrected chi connectivity index (χ0v) is 14.9. The molecule has 1 aliphatic heterocycles. The Morgan fingerprint density at radius 2 is 1.75 bits per heavy atom. The first-order chi connectivity index (χ1) is 11.5. The van der Waals surface area contributed by atoms with Gasteiger partial charge in [-0.25, -0.2) is 4.79 Å². The monoisotopic (exact) mass is 363 g/mol. The topological polar surface area (TPSA) is 35.6 Å². The molecule has 0 spiro atoms. The molecule has 2 aromatic carbocycles. The molecule has 0 radical (unpaired) electrons. The molecule has 1 heterocycles. The molecule has 0 unspecified atom stereocenters. The van der Waals surface area contributed by atoms with Crippen molar-refractivity contribution in [2.75, 3.05) is 36.4 Å². The number of rotatable bonds is 2. The van der Waals surface area contributed by atoms with Gasteiger partial charge in [0.25, 0.3) is 0 Å². The van der Waals surface area contributed by atoms with E-state index in [1.54, 1.807) is 6.07 Å². The highest BCUT2D eigenvalue weighted by Gasteiger charge is 2.21. The Balaban J connectivity index is 1.58. The van der Waals surface area contributed by atoms with E-state index in [1.165, 1.54) is 0 Å². The second-order valence-corrected chi connectivity index (χ2v) is 6.69. The van der Waals surface area contributed by atoms with Crippen LogP contribution in [0.2, 0.25) is 10.0 Å². The zero-order chi connectivity index (χ0) is 17.1. The number of urea groups is 1. The Morgan fingerprint density at radius 3 is 2.42 bits per heavy atom. The average Bonchev–Trinajstić information content (AvgIpc) is 2.57. The lowest BCUT2D eigenvalue weighted by Gasteiger charge is -2.36. The van der Waals surface area contributed by atoms with Gasteiger partial charge in [-0.1, -0.05) is 35.3 Å². The van der Waals surface area contributed by atoms with Gasteiger partial charge < -0.3 is 15.1 Å². The van der Waals surface area contributed by atoms with E-state index in [2.05, 4.69) is 10.2 Å². The quantitative estimate of drug-likeness (QED) is 0.842. The van der Waals surface area contributed by atoms with Crippen molar-refractivity contribution in [2.45, 2.75) is 6.92 Å². The van der Waals surface area contributed by atoms with E-state index in [9.17, 15) is 4.79 Å². The zero-order valence-electron chi connectivity index (χ0n) is 13.4. The van der Waals surface area contributed by atoms with Gasteiger partial charge in [0, 0.05) is 37.6 Å². The summed E-state index contributed by atoms with van der Waals surface area (Å²) < 4.78 is 0. The van der Waals surface area contributed by atoms with Gasteiger partial charge in [0.1, 0.15) is 0 Å². The fourth-order valence-electron chi connectivity index (χ4n) is 2.77. The first-order valence-electron chi connectivity index (χ1n) is 7.85. The first-order valence-corrected chi connectivity index (χ1v) is 8.61. The third kappa shape index (κ3) is 3.94. The van der Waals surface area contributed by atoms with Crippen LogP contribution in [0.4, 0.5) is 16.2 Å². The number of halogens is 2. The molecule has 0 bridgehead atoms. The maximum Gasteiger partial charge on any atom is 0.321 e. The van der Waals surface area contributed by atoms with E-state index in [0.29, 0.717) is 23.1 Å². The standard InChI is InChI=1S/C18H19Cl2N3O/c1-13-3-2-4-14(11-13)21-18(24)23-9-7-22(8-10-23)15-5-6-16(19)17(20)12-15/h2-6,11-12H,7-10H2,1H3,(H,21,24). The van der Waals surface area contributed by atoms with Gasteiger partial charge in [-0.15, -0.1) is 0 Å². The van der Waals surface area contributed by atoms with Gasteiger partial charge >= 0.3 is 6.03 Å². The molecule has 126 valence electrons. The van der Waals surface area contributed by atoms with Crippen molar-refractivity contribution in [3.8, 4) is 0 Å². The fraction of sp³-hybridized carbons (Fsp3) is 0.278. The van der Waals surface area contributed by atoms with Crippen LogP contribution in [0.5, 0.6) is 0 Å². The van der Waals surface area contributed by atoms with Crippen molar-refractivity contribution < 1.29 is 4.79 Å². The SMILES string of the molecule is Cc1cccc(NC(=O)N2CCN(c3ccc(Cl)c(Cl)c3)CC2)c1. The van der Waals surface area contributed by atoms with Crippen LogP contribution in [0.25, 0.3) is 0 Å². The van der Waals surface area contributed by atoms with Crippen LogP contribution in [0.15, 0.2) is 42.5 Å². The number of benzene rings is 2. The molecule has 0 atom stereocenters. The third-order valence-corrected chi connectivity index (χ3v) is 4.84. The number of nitrogens with one attached hydrogen (secondary N) is 1. The van der Waals surface area contributed by atoms with Crippen molar-refractivity contribution in [3.63, 3.8) is 0 Å². The normalized spacial score (nSPS) is 14.6. The van der Waals surface area contributed by atoms with Crippen LogP contribution in [-0.4, -0.2) is 37.1 Å². The lowest BCUT2D eigenvalue weighted by Crippen LogP contribution is -2.50. The van der Waals surface area contributed by atoms with Crippen LogP contribution in [0.1, 0.15) is 5.56 Å². The Morgan fingerprint density at radius 1 is 1.00 bits per heavy atom. The average molecular weight is 364 g/mol. The van der Waals surface area contributed by atoms with Crippen molar-refractivity contribution in [1.29, 1.82) is 0 Å². The summed E-state index contributed by atoms with van der Waals surface area (Å²) in [5, 5.41) is 4.06. The lowest BCUT2D eigenvalue weighted by atomic mass is 10.2. The molecule has 1 N–H and O–H groups in total. The molecule has 24 heavy (non-hydrogen) atoms. The van der Waals surface area contributed by atoms with Crippen LogP contribution in [0.3, 0.4) is 0 Å². The summed E-state index contributed by atoms with van der Waals surface area (Å²) in [5.41, 5.74) is 2.98. The smallest absolute Gasteiger partial charge is 0.321 e. The van der Waals surface area contributed by atoms with Crippen molar-refractivity contribution in [3.05, 3.63) is 58.1 Å². The highest BCUT2D eigenvalue weighted by Crippen LogP contribution is 2.27. The van der Waals surface area contributed by atoms with E-state index in [1.807, 2.05) is 48.2 Å². The van der Waals surface area contributed by atoms with E-state index < -0.39 is 0 Å². The molecule has 2 amide bonds. The summed E-state index contributed by atoms with van der Waals surface area (Å²) in [6.07, 6.45) is 0. The second kappa shape index (κ2) is 7.32. The molecule has 1 aliphatic rings. The van der Waals surface area contributed by atoms with Gasteiger partial charge in [-0.3, -0.25) is 0 Å². The predicted octanol–water partition coefficient (Wildman–Crippen LogP) is 4.66. The van der Waals surface area contributed by atoms with Crippen LogP contribution < -0.4 is 10.2 Å². The lowest BCUT2D eigenvalue weighted by molar-refractivity contribution is 0.208. The minimum absolute atomic E-state index is 0.0608. The number of hydrogen-bond donors (Lipinski definition) is 1. The minimum atomic E-state index is -0.0608. The van der Waals surface area contributed by atoms with Crippen molar-refractivity contribution >= 4 is 40.6 Å². The van der Waals surface area contributed by atoms with E-state index >= 15 is 0 Å². The van der Waals surface area contributed by atoms with Crippen molar-refractivity contribution in [1.82, 2.24) is 4.90 Å². The largest absolute Gasteiger partial charge is 0.368 e. The molecule has 0 aromatic heterocycles. The third-order valence-electron chi connectivity index (χ3n) is 4.10. The number of anilines is 2. The maximum atomic E-state index is 12.4. The minimum Gasteiger partial charge on any atom is -0.368 e. The van der Waals surface area contributed by atoms with Gasteiger partial charge in [0.15, 0.2) is 0 Å². The number of amides is 2. The van der Waals surface area contributed by atoms with E-state index in [0.717, 1.165) is 30.0 Å². The summed E-state index contributed by atoms with van der Waals surface area (Å²) in [6.45, 7) is 4.86. The summed E-state index contributed by atoms with van der Waals surface area (Å²) in [5.74, 6) is 0. The predicted molar refractivity (Wildman–Crippen MR) is 100 cm³/mol. The Hall–Kier alpha value is -1.91. The molecule has 6 heteroatoms. The van der Waals surface area contributed by atoms with Gasteiger partial charge in [0.05, 0.1) is 10.0 Å². The Kier molecular flexibility index (Phi) is 5.17. The number of nitrogens with zero attached hydrogens (tertiary/aromatic N) is 2. The second-order valence-electron chi connectivity index (χ2n) is 5.87. The fourth-order valence-corrected chi connectivity index (χ4v) is 3.07. The number of hydrogen-bond acceptors (Lipinski definition) is 2. The summed E-state index contributed by atoms with van der Waals surface area (Å²) >= 11 is 12.0. The summed E-state index contributed by atoms with van der Waals surface area (Å²) in [6, 6.07) is 13.4. The number of aryl methyl sites for hydroxylation is 1. The summed E-state index contributed by atoms with van der Waals surface area (Å²) in [7, 11) is 0. The molecule has 3 rings (SSSR count). The van der Waals surface area contributed by atoms with E-state index in [-0.39, 0.29) is 6.03 Å². The van der Waals surface area contributed by atoms with Crippen LogP contribution in [-0.2, 0) is 0 Å². The molecule has 1 saturated heterocycles. The number of carbonyl (C=O) groups is 1. The van der Waals surface area contributed by atoms with Crippen LogP contribution in [0, 0.1) is 6.92 Å². The van der Waals surface area contributed by atoms with E-state index in [4.69, 9.17) is 23.2 Å². The Labute approximate surface area is 152 Å². The molecule has 2 aromatic rings. The molecular weight excluding hydrogens is 345 g/mol. The van der Waals surface area contributed by atoms with Crippen molar-refractivity contribution in [2.24, 2.45) is 0 Å². The molecule has 0 aliphatic carbocycles. The number of carbonyl (C=O) groups excluding carboxylic acids is 1. The molecule has 4 nitrogen and oxygen atoms in total. The van der Waals surface area contributed by atoms with Crippen LogP contribution >= 0.6 is 23.2 Å². The Bertz CT molecular complexity index is 743. The van der Waals surface area contributed by atoms with Gasteiger partial charge in [-0.2, -0.15) is 0 Å².